The first-order valence-corrected chi connectivity index (χ1v) is 3.33. The Morgan fingerprint density at radius 1 is 1.64 bits per heavy atom. The van der Waals surface area contributed by atoms with Gasteiger partial charge in [0.25, 0.3) is 5.92 Å². The fourth-order valence-electron chi connectivity index (χ4n) is 0.601. The molecule has 4 heteroatoms. The molecule has 0 saturated carbocycles. The average molecular weight is 165 g/mol. The second-order valence-corrected chi connectivity index (χ2v) is 2.19. The Bertz CT molecular complexity index is 117. The maximum atomic E-state index is 12.5. The Balaban J connectivity index is 3.45. The van der Waals surface area contributed by atoms with Gasteiger partial charge >= 0.3 is 0 Å². The molecule has 0 heterocycles. The highest BCUT2D eigenvalue weighted by Crippen LogP contribution is 2.11. The molecular weight excluding hydrogens is 152 g/mol. The molecule has 0 aliphatic carbocycles. The van der Waals surface area contributed by atoms with Crippen LogP contribution in [0.25, 0.3) is 0 Å². The van der Waals surface area contributed by atoms with Crippen LogP contribution in [0.4, 0.5) is 8.78 Å². The van der Waals surface area contributed by atoms with Crippen molar-refractivity contribution in [2.24, 2.45) is 0 Å². The molecule has 0 rings (SSSR count). The lowest BCUT2D eigenvalue weighted by atomic mass is 10.3. The van der Waals surface area contributed by atoms with Gasteiger partial charge in [-0.05, 0) is 7.05 Å². The third-order valence-corrected chi connectivity index (χ3v) is 0.984. The van der Waals surface area contributed by atoms with Crippen LogP contribution in [0, 0.1) is 0 Å². The third-order valence-electron chi connectivity index (χ3n) is 0.984. The van der Waals surface area contributed by atoms with E-state index in [1.54, 1.807) is 0 Å². The molecule has 0 aliphatic heterocycles. The minimum atomic E-state index is -2.78. The summed E-state index contributed by atoms with van der Waals surface area (Å²) in [5, 5.41) is 2.38. The number of ether oxygens (including phenoxy) is 1. The molecule has 0 unspecified atom stereocenters. The number of alkyl halides is 2. The largest absolute Gasteiger partial charge is 0.371 e. The van der Waals surface area contributed by atoms with Crippen molar-refractivity contribution in [3.8, 4) is 0 Å². The Morgan fingerprint density at radius 3 is 2.73 bits per heavy atom. The molecule has 0 radical (unpaired) electrons. The van der Waals surface area contributed by atoms with E-state index in [9.17, 15) is 8.78 Å². The van der Waals surface area contributed by atoms with Crippen molar-refractivity contribution in [2.75, 3.05) is 26.8 Å². The fraction of sp³-hybridized carbons (Fsp3) is 0.714. The molecular formula is C7H13F2NO. The van der Waals surface area contributed by atoms with Gasteiger partial charge in [-0.2, -0.15) is 0 Å². The molecule has 0 aromatic rings. The SMILES string of the molecule is C=CCOCC(F)(F)CNC. The minimum absolute atomic E-state index is 0.166. The van der Waals surface area contributed by atoms with Crippen LogP contribution >= 0.6 is 0 Å². The topological polar surface area (TPSA) is 21.3 Å². The molecule has 0 spiro atoms. The zero-order valence-corrected chi connectivity index (χ0v) is 6.57. The van der Waals surface area contributed by atoms with Crippen LogP contribution in [0.15, 0.2) is 12.7 Å². The van der Waals surface area contributed by atoms with Crippen LogP contribution in [-0.4, -0.2) is 32.7 Å². The lowest BCUT2D eigenvalue weighted by molar-refractivity contribution is -0.0679. The summed E-state index contributed by atoms with van der Waals surface area (Å²) in [7, 11) is 1.47. The van der Waals surface area contributed by atoms with E-state index in [1.165, 1.54) is 13.1 Å². The summed E-state index contributed by atoms with van der Waals surface area (Å²) >= 11 is 0. The van der Waals surface area contributed by atoms with Crippen LogP contribution in [0.3, 0.4) is 0 Å². The molecule has 1 N–H and O–H groups in total. The molecule has 66 valence electrons. The molecule has 0 amide bonds. The van der Waals surface area contributed by atoms with Gasteiger partial charge in [0.15, 0.2) is 0 Å². The Labute approximate surface area is 65.2 Å². The summed E-state index contributed by atoms with van der Waals surface area (Å²) in [4.78, 5) is 0. The van der Waals surface area contributed by atoms with Gasteiger partial charge in [0.2, 0.25) is 0 Å². The molecule has 0 bridgehead atoms. The van der Waals surface area contributed by atoms with Crippen molar-refractivity contribution in [1.29, 1.82) is 0 Å². The van der Waals surface area contributed by atoms with Gasteiger partial charge in [0, 0.05) is 0 Å². The van der Waals surface area contributed by atoms with Crippen LogP contribution < -0.4 is 5.32 Å². The highest BCUT2D eigenvalue weighted by Gasteiger charge is 2.27. The van der Waals surface area contributed by atoms with Gasteiger partial charge in [0.05, 0.1) is 13.2 Å². The quantitative estimate of drug-likeness (QED) is 0.469. The molecule has 2 nitrogen and oxygen atoms in total. The van der Waals surface area contributed by atoms with Gasteiger partial charge in [-0.1, -0.05) is 6.08 Å². The predicted molar refractivity (Wildman–Crippen MR) is 39.9 cm³/mol. The summed E-state index contributed by atoms with van der Waals surface area (Å²) in [6.45, 7) is 2.59. The van der Waals surface area contributed by atoms with E-state index in [1.807, 2.05) is 0 Å². The second-order valence-electron chi connectivity index (χ2n) is 2.19. The highest BCUT2D eigenvalue weighted by molar-refractivity contribution is 4.69. The first kappa shape index (κ1) is 10.5. The third kappa shape index (κ3) is 5.94. The Kier molecular flexibility index (Phi) is 4.98. The molecule has 0 aromatic carbocycles. The van der Waals surface area contributed by atoms with Crippen molar-refractivity contribution in [3.05, 3.63) is 12.7 Å². The summed E-state index contributed by atoms with van der Waals surface area (Å²) in [6, 6.07) is 0. The van der Waals surface area contributed by atoms with Crippen molar-refractivity contribution >= 4 is 0 Å². The van der Waals surface area contributed by atoms with E-state index >= 15 is 0 Å². The second kappa shape index (κ2) is 5.21. The highest BCUT2D eigenvalue weighted by atomic mass is 19.3. The zero-order valence-electron chi connectivity index (χ0n) is 6.57. The lowest BCUT2D eigenvalue weighted by Gasteiger charge is -2.14. The monoisotopic (exact) mass is 165 g/mol. The smallest absolute Gasteiger partial charge is 0.283 e. The van der Waals surface area contributed by atoms with E-state index in [2.05, 4.69) is 16.6 Å². The zero-order chi connectivity index (χ0) is 8.74. The van der Waals surface area contributed by atoms with E-state index in [-0.39, 0.29) is 13.2 Å². The number of hydrogen-bond donors (Lipinski definition) is 1. The van der Waals surface area contributed by atoms with Gasteiger partial charge in [-0.3, -0.25) is 0 Å². The molecule has 0 fully saturated rings. The number of nitrogens with one attached hydrogen (secondary N) is 1. The maximum Gasteiger partial charge on any atom is 0.283 e. The van der Waals surface area contributed by atoms with E-state index in [4.69, 9.17) is 0 Å². The minimum Gasteiger partial charge on any atom is -0.371 e. The fourth-order valence-corrected chi connectivity index (χ4v) is 0.601. The van der Waals surface area contributed by atoms with Crippen molar-refractivity contribution in [3.63, 3.8) is 0 Å². The van der Waals surface area contributed by atoms with Crippen molar-refractivity contribution in [2.45, 2.75) is 5.92 Å². The maximum absolute atomic E-state index is 12.5. The number of rotatable bonds is 6. The Hall–Kier alpha value is -0.480. The van der Waals surface area contributed by atoms with Gasteiger partial charge in [-0.15, -0.1) is 6.58 Å². The van der Waals surface area contributed by atoms with Crippen molar-refractivity contribution < 1.29 is 13.5 Å². The van der Waals surface area contributed by atoms with E-state index in [0.717, 1.165) is 0 Å². The van der Waals surface area contributed by atoms with Gasteiger partial charge in [0.1, 0.15) is 6.61 Å². The van der Waals surface area contributed by atoms with Crippen LogP contribution in [0.1, 0.15) is 0 Å². The van der Waals surface area contributed by atoms with Crippen LogP contribution in [-0.2, 0) is 4.74 Å². The molecule has 0 atom stereocenters. The van der Waals surface area contributed by atoms with Crippen molar-refractivity contribution in [1.82, 2.24) is 5.32 Å². The predicted octanol–water partition coefficient (Wildman–Crippen LogP) is 1.04. The average Bonchev–Trinajstić information content (AvgIpc) is 1.87. The Morgan fingerprint density at radius 2 is 2.27 bits per heavy atom. The van der Waals surface area contributed by atoms with E-state index < -0.39 is 12.5 Å². The molecule has 0 aromatic heterocycles. The summed E-state index contributed by atoms with van der Waals surface area (Å²) in [5.74, 6) is -2.78. The normalized spacial score (nSPS) is 11.5. The number of hydrogen-bond acceptors (Lipinski definition) is 2. The summed E-state index contributed by atoms with van der Waals surface area (Å²) in [5.41, 5.74) is 0. The molecule has 11 heavy (non-hydrogen) atoms. The first-order chi connectivity index (χ1) is 5.12. The van der Waals surface area contributed by atoms with Crippen LogP contribution in [0.2, 0.25) is 0 Å². The van der Waals surface area contributed by atoms with Gasteiger partial charge in [-0.25, -0.2) is 8.78 Å². The molecule has 0 saturated heterocycles. The summed E-state index contributed by atoms with van der Waals surface area (Å²) < 4.78 is 29.6. The lowest BCUT2D eigenvalue weighted by Crippen LogP contribution is -2.35. The first-order valence-electron chi connectivity index (χ1n) is 3.33. The molecule has 0 aliphatic rings. The number of halogens is 2. The standard InChI is InChI=1S/C7H13F2NO/c1-3-4-11-6-7(8,9)5-10-2/h3,10H,1,4-6H2,2H3. The summed E-state index contributed by atoms with van der Waals surface area (Å²) in [6.07, 6.45) is 1.44. The van der Waals surface area contributed by atoms with Crippen LogP contribution in [0.5, 0.6) is 0 Å². The van der Waals surface area contributed by atoms with E-state index in [0.29, 0.717) is 0 Å². The van der Waals surface area contributed by atoms with Gasteiger partial charge < -0.3 is 10.1 Å².